The van der Waals surface area contributed by atoms with Gasteiger partial charge in [-0.15, -0.1) is 0 Å². The van der Waals surface area contributed by atoms with Gasteiger partial charge in [0, 0.05) is 24.2 Å². The number of benzene rings is 1. The van der Waals surface area contributed by atoms with E-state index in [1.165, 1.54) is 24.3 Å². The predicted octanol–water partition coefficient (Wildman–Crippen LogP) is 1.91. The van der Waals surface area contributed by atoms with Gasteiger partial charge in [-0.05, 0) is 45.0 Å². The van der Waals surface area contributed by atoms with Crippen molar-refractivity contribution in [1.82, 2.24) is 10.2 Å². The number of nitrogens with zero attached hydrogens (tertiary/aromatic N) is 1. The van der Waals surface area contributed by atoms with E-state index in [1.54, 1.807) is 4.90 Å². The molecule has 0 aromatic heterocycles. The number of hydrogen-bond acceptors (Lipinski definition) is 3. The maximum absolute atomic E-state index is 12.0. The third kappa shape index (κ3) is 4.21. The molecule has 3 N–H and O–H groups in total. The minimum Gasteiger partial charge on any atom is -0.478 e. The van der Waals surface area contributed by atoms with Crippen LogP contribution in [-0.2, 0) is 4.79 Å². The van der Waals surface area contributed by atoms with E-state index < -0.39 is 12.0 Å². The van der Waals surface area contributed by atoms with Gasteiger partial charge in [-0.25, -0.2) is 9.59 Å². The summed E-state index contributed by atoms with van der Waals surface area (Å²) >= 11 is 0. The van der Waals surface area contributed by atoms with Gasteiger partial charge in [0.15, 0.2) is 0 Å². The number of carboxylic acid groups (broad SMARTS) is 1. The average molecular weight is 319 g/mol. The van der Waals surface area contributed by atoms with E-state index in [0.717, 1.165) is 0 Å². The normalized spacial score (nSPS) is 18.0. The van der Waals surface area contributed by atoms with Crippen LogP contribution in [0.25, 0.3) is 0 Å². The summed E-state index contributed by atoms with van der Waals surface area (Å²) in [5, 5.41) is 14.2. The number of nitrogens with one attached hydrogen (secondary N) is 2. The van der Waals surface area contributed by atoms with Crippen LogP contribution >= 0.6 is 0 Å². The van der Waals surface area contributed by atoms with Crippen molar-refractivity contribution in [2.45, 2.75) is 38.8 Å². The molecule has 1 aliphatic heterocycles. The van der Waals surface area contributed by atoms with Crippen LogP contribution in [0, 0.1) is 0 Å². The first-order valence-corrected chi connectivity index (χ1v) is 7.38. The summed E-state index contributed by atoms with van der Waals surface area (Å²) in [4.78, 5) is 36.5. The zero-order chi connectivity index (χ0) is 17.2. The highest BCUT2D eigenvalue weighted by atomic mass is 16.4. The molecule has 1 atom stereocenters. The molecule has 7 heteroatoms. The number of carboxylic acids is 1. The van der Waals surface area contributed by atoms with Gasteiger partial charge in [-0.2, -0.15) is 0 Å². The summed E-state index contributed by atoms with van der Waals surface area (Å²) in [6, 6.07) is 5.22. The van der Waals surface area contributed by atoms with Gasteiger partial charge in [-0.1, -0.05) is 0 Å². The molecular weight excluding hydrogens is 298 g/mol. The molecule has 124 valence electrons. The molecule has 1 saturated heterocycles. The van der Waals surface area contributed by atoms with Crippen LogP contribution in [-0.4, -0.2) is 46.0 Å². The molecule has 2 rings (SSSR count). The largest absolute Gasteiger partial charge is 0.478 e. The number of hydrogen-bond donors (Lipinski definition) is 3. The summed E-state index contributed by atoms with van der Waals surface area (Å²) < 4.78 is 0. The molecule has 0 aliphatic carbocycles. The molecular formula is C16H21N3O4. The Hall–Kier alpha value is -2.57. The van der Waals surface area contributed by atoms with E-state index in [-0.39, 0.29) is 29.5 Å². The van der Waals surface area contributed by atoms with Crippen molar-refractivity contribution in [3.63, 3.8) is 0 Å². The van der Waals surface area contributed by atoms with E-state index in [9.17, 15) is 14.4 Å². The minimum absolute atomic E-state index is 0.0219. The van der Waals surface area contributed by atoms with Crippen LogP contribution in [0.1, 0.15) is 37.6 Å². The highest BCUT2D eigenvalue weighted by Gasteiger charge is 2.36. The molecule has 1 aliphatic rings. The van der Waals surface area contributed by atoms with Gasteiger partial charge in [0.25, 0.3) is 0 Å². The number of carbonyl (C=O) groups is 3. The van der Waals surface area contributed by atoms with Crippen molar-refractivity contribution in [1.29, 1.82) is 0 Å². The van der Waals surface area contributed by atoms with Crippen molar-refractivity contribution in [2.24, 2.45) is 0 Å². The number of likely N-dealkylation sites (tertiary alicyclic amines) is 1. The van der Waals surface area contributed by atoms with Crippen molar-refractivity contribution >= 4 is 23.6 Å². The maximum Gasteiger partial charge on any atom is 0.335 e. The second-order valence-corrected chi connectivity index (χ2v) is 6.56. The lowest BCUT2D eigenvalue weighted by molar-refractivity contribution is -0.131. The molecule has 0 radical (unpaired) electrons. The highest BCUT2D eigenvalue weighted by Crippen LogP contribution is 2.22. The van der Waals surface area contributed by atoms with Crippen molar-refractivity contribution in [3.05, 3.63) is 29.8 Å². The van der Waals surface area contributed by atoms with Gasteiger partial charge in [0.1, 0.15) is 0 Å². The Labute approximate surface area is 134 Å². The first-order valence-electron chi connectivity index (χ1n) is 7.38. The lowest BCUT2D eigenvalue weighted by atomic mass is 10.1. The first kappa shape index (κ1) is 16.8. The molecule has 0 bridgehead atoms. The van der Waals surface area contributed by atoms with Gasteiger partial charge < -0.3 is 20.6 Å². The van der Waals surface area contributed by atoms with E-state index >= 15 is 0 Å². The van der Waals surface area contributed by atoms with Crippen LogP contribution in [0.15, 0.2) is 24.3 Å². The fourth-order valence-electron chi connectivity index (χ4n) is 2.50. The number of amides is 3. The summed E-state index contributed by atoms with van der Waals surface area (Å²) in [6.07, 6.45) is 0.280. The Morgan fingerprint density at radius 2 is 1.83 bits per heavy atom. The average Bonchev–Trinajstić information content (AvgIpc) is 2.80. The van der Waals surface area contributed by atoms with Gasteiger partial charge in [0.2, 0.25) is 5.91 Å². The summed E-state index contributed by atoms with van der Waals surface area (Å²) in [6.45, 7) is 6.35. The minimum atomic E-state index is -1.02. The summed E-state index contributed by atoms with van der Waals surface area (Å²) in [7, 11) is 0. The molecule has 1 heterocycles. The summed E-state index contributed by atoms with van der Waals surface area (Å²) in [5.41, 5.74) is 0.374. The smallest absolute Gasteiger partial charge is 0.335 e. The van der Waals surface area contributed by atoms with Crippen LogP contribution in [0.4, 0.5) is 10.5 Å². The lowest BCUT2D eigenvalue weighted by Gasteiger charge is -2.32. The van der Waals surface area contributed by atoms with Gasteiger partial charge in [-0.3, -0.25) is 4.79 Å². The number of rotatable bonds is 3. The fraction of sp³-hybridized carbons (Fsp3) is 0.438. The third-order valence-corrected chi connectivity index (χ3v) is 3.66. The van der Waals surface area contributed by atoms with Crippen molar-refractivity contribution < 1.29 is 19.5 Å². The van der Waals surface area contributed by atoms with E-state index in [4.69, 9.17) is 5.11 Å². The number of urea groups is 1. The monoisotopic (exact) mass is 319 g/mol. The Bertz CT molecular complexity index is 619. The number of carbonyl (C=O) groups excluding carboxylic acids is 2. The van der Waals surface area contributed by atoms with E-state index in [1.807, 2.05) is 20.8 Å². The van der Waals surface area contributed by atoms with Crippen LogP contribution in [0.3, 0.4) is 0 Å². The topological polar surface area (TPSA) is 98.7 Å². The van der Waals surface area contributed by atoms with Gasteiger partial charge in [0.05, 0.1) is 11.6 Å². The predicted molar refractivity (Wildman–Crippen MR) is 85.4 cm³/mol. The fourth-order valence-corrected chi connectivity index (χ4v) is 2.50. The van der Waals surface area contributed by atoms with Crippen LogP contribution < -0.4 is 10.6 Å². The first-order chi connectivity index (χ1) is 10.7. The molecule has 1 fully saturated rings. The summed E-state index contributed by atoms with van der Waals surface area (Å²) in [5.74, 6) is -0.999. The van der Waals surface area contributed by atoms with Gasteiger partial charge >= 0.3 is 12.0 Å². The van der Waals surface area contributed by atoms with Crippen LogP contribution in [0.5, 0.6) is 0 Å². The molecule has 0 spiro atoms. The molecule has 3 amide bonds. The highest BCUT2D eigenvalue weighted by molar-refractivity contribution is 5.92. The molecule has 1 aromatic carbocycles. The zero-order valence-corrected chi connectivity index (χ0v) is 13.4. The van der Waals surface area contributed by atoms with E-state index in [2.05, 4.69) is 10.6 Å². The van der Waals surface area contributed by atoms with E-state index in [0.29, 0.717) is 12.2 Å². The molecule has 1 unspecified atom stereocenters. The third-order valence-electron chi connectivity index (χ3n) is 3.66. The number of anilines is 1. The van der Waals surface area contributed by atoms with Crippen molar-refractivity contribution in [3.8, 4) is 0 Å². The molecule has 1 aromatic rings. The molecule has 7 nitrogen and oxygen atoms in total. The number of aromatic carboxylic acids is 1. The standard InChI is InChI=1S/C16H21N3O4/c1-16(2,3)19-9-12(8-13(19)20)18-15(23)17-11-6-4-10(5-7-11)14(21)22/h4-7,12H,8-9H2,1-3H3,(H,21,22)(H2,17,18,23). The second-order valence-electron chi connectivity index (χ2n) is 6.56. The Balaban J connectivity index is 1.90. The Morgan fingerprint density at radius 1 is 1.22 bits per heavy atom. The maximum atomic E-state index is 12.0. The molecule has 0 saturated carbocycles. The second kappa shape index (κ2) is 6.28. The quantitative estimate of drug-likeness (QED) is 0.792. The van der Waals surface area contributed by atoms with Crippen LogP contribution in [0.2, 0.25) is 0 Å². The molecule has 23 heavy (non-hydrogen) atoms. The Morgan fingerprint density at radius 3 is 2.30 bits per heavy atom. The Kier molecular flexibility index (Phi) is 4.58. The SMILES string of the molecule is CC(C)(C)N1CC(NC(=O)Nc2ccc(C(=O)O)cc2)CC1=O. The lowest BCUT2D eigenvalue weighted by Crippen LogP contribution is -2.45. The zero-order valence-electron chi connectivity index (χ0n) is 13.4. The van der Waals surface area contributed by atoms with Crippen molar-refractivity contribution in [2.75, 3.05) is 11.9 Å².